The SMILES string of the molecule is COC1CCCN(CC2(CO)CCC(C)CC2)C1. The zero-order chi connectivity index (χ0) is 13.0. The molecule has 1 unspecified atom stereocenters. The molecule has 1 saturated heterocycles. The largest absolute Gasteiger partial charge is 0.396 e. The molecule has 0 radical (unpaired) electrons. The third kappa shape index (κ3) is 3.46. The predicted molar refractivity (Wildman–Crippen MR) is 73.6 cm³/mol. The Bertz CT molecular complexity index is 249. The average molecular weight is 255 g/mol. The molecule has 0 aromatic heterocycles. The van der Waals surface area contributed by atoms with Crippen molar-refractivity contribution in [3.63, 3.8) is 0 Å². The number of rotatable bonds is 4. The van der Waals surface area contributed by atoms with Crippen LogP contribution in [-0.2, 0) is 4.74 Å². The molecule has 18 heavy (non-hydrogen) atoms. The number of hydrogen-bond acceptors (Lipinski definition) is 3. The van der Waals surface area contributed by atoms with Crippen LogP contribution in [0.5, 0.6) is 0 Å². The Morgan fingerprint density at radius 2 is 2.00 bits per heavy atom. The maximum Gasteiger partial charge on any atom is 0.0698 e. The lowest BCUT2D eigenvalue weighted by Gasteiger charge is -2.43. The van der Waals surface area contributed by atoms with Crippen LogP contribution in [0.4, 0.5) is 0 Å². The fourth-order valence-electron chi connectivity index (χ4n) is 3.56. The highest BCUT2D eigenvalue weighted by Gasteiger charge is 2.36. The van der Waals surface area contributed by atoms with Gasteiger partial charge in [0.1, 0.15) is 0 Å². The van der Waals surface area contributed by atoms with Crippen molar-refractivity contribution in [3.8, 4) is 0 Å². The molecule has 1 aliphatic carbocycles. The first-order valence-corrected chi connectivity index (χ1v) is 7.53. The minimum absolute atomic E-state index is 0.169. The number of nitrogens with zero attached hydrogens (tertiary/aromatic N) is 1. The summed E-state index contributed by atoms with van der Waals surface area (Å²) < 4.78 is 5.49. The standard InChI is InChI=1S/C15H29NO2/c1-13-5-7-15(12-17,8-6-13)11-16-9-3-4-14(10-16)18-2/h13-14,17H,3-12H2,1-2H3. The molecular weight excluding hydrogens is 226 g/mol. The van der Waals surface area contributed by atoms with Gasteiger partial charge in [-0.1, -0.05) is 19.8 Å². The summed E-state index contributed by atoms with van der Waals surface area (Å²) in [6.45, 7) is 5.98. The van der Waals surface area contributed by atoms with Crippen LogP contribution in [0.3, 0.4) is 0 Å². The number of methoxy groups -OCH3 is 1. The summed E-state index contributed by atoms with van der Waals surface area (Å²) in [4.78, 5) is 2.52. The Labute approximate surface area is 112 Å². The Morgan fingerprint density at radius 3 is 2.61 bits per heavy atom. The Kier molecular flexibility index (Phi) is 5.05. The van der Waals surface area contributed by atoms with E-state index in [1.165, 1.54) is 45.1 Å². The highest BCUT2D eigenvalue weighted by atomic mass is 16.5. The summed E-state index contributed by atoms with van der Waals surface area (Å²) in [5.41, 5.74) is 0.169. The highest BCUT2D eigenvalue weighted by Crippen LogP contribution is 2.39. The van der Waals surface area contributed by atoms with Crippen LogP contribution in [-0.4, -0.2) is 49.5 Å². The topological polar surface area (TPSA) is 32.7 Å². The molecule has 1 heterocycles. The van der Waals surface area contributed by atoms with E-state index in [1.807, 2.05) is 7.11 Å². The molecule has 0 spiro atoms. The van der Waals surface area contributed by atoms with Gasteiger partial charge in [-0.3, -0.25) is 0 Å². The molecule has 1 aliphatic heterocycles. The summed E-state index contributed by atoms with van der Waals surface area (Å²) in [5.74, 6) is 0.845. The van der Waals surface area contributed by atoms with E-state index >= 15 is 0 Å². The first-order chi connectivity index (χ1) is 8.67. The van der Waals surface area contributed by atoms with Gasteiger partial charge in [-0.15, -0.1) is 0 Å². The van der Waals surface area contributed by atoms with E-state index in [1.54, 1.807) is 0 Å². The Morgan fingerprint density at radius 1 is 1.28 bits per heavy atom. The second-order valence-electron chi connectivity index (χ2n) is 6.58. The van der Waals surface area contributed by atoms with Gasteiger partial charge in [0, 0.05) is 32.2 Å². The summed E-state index contributed by atoms with van der Waals surface area (Å²) in [6, 6.07) is 0. The van der Waals surface area contributed by atoms with Crippen molar-refractivity contribution in [2.24, 2.45) is 11.3 Å². The first-order valence-electron chi connectivity index (χ1n) is 7.53. The van der Waals surface area contributed by atoms with Crippen LogP contribution in [0.25, 0.3) is 0 Å². The van der Waals surface area contributed by atoms with E-state index in [4.69, 9.17) is 4.74 Å². The van der Waals surface area contributed by atoms with Crippen LogP contribution in [0.2, 0.25) is 0 Å². The van der Waals surface area contributed by atoms with Gasteiger partial charge in [-0.25, -0.2) is 0 Å². The smallest absolute Gasteiger partial charge is 0.0698 e. The highest BCUT2D eigenvalue weighted by molar-refractivity contribution is 4.88. The molecule has 0 aromatic carbocycles. The van der Waals surface area contributed by atoms with Gasteiger partial charge in [0.2, 0.25) is 0 Å². The first kappa shape index (κ1) is 14.3. The monoisotopic (exact) mass is 255 g/mol. The molecule has 2 fully saturated rings. The van der Waals surface area contributed by atoms with Gasteiger partial charge in [-0.2, -0.15) is 0 Å². The lowest BCUT2D eigenvalue weighted by atomic mass is 9.71. The van der Waals surface area contributed by atoms with Gasteiger partial charge < -0.3 is 14.7 Å². The summed E-state index contributed by atoms with van der Waals surface area (Å²) in [7, 11) is 1.82. The number of hydrogen-bond donors (Lipinski definition) is 1. The third-order valence-corrected chi connectivity index (χ3v) is 5.02. The molecular formula is C15H29NO2. The molecule has 0 amide bonds. The van der Waals surface area contributed by atoms with E-state index in [0.29, 0.717) is 12.7 Å². The molecule has 0 aromatic rings. The second kappa shape index (κ2) is 6.36. The minimum atomic E-state index is 0.169. The molecule has 2 rings (SSSR count). The lowest BCUT2D eigenvalue weighted by molar-refractivity contribution is -0.0146. The number of piperidine rings is 1. The summed E-state index contributed by atoms with van der Waals surface area (Å²) >= 11 is 0. The number of likely N-dealkylation sites (tertiary alicyclic amines) is 1. The van der Waals surface area contributed by atoms with E-state index in [2.05, 4.69) is 11.8 Å². The lowest BCUT2D eigenvalue weighted by Crippen LogP contribution is -2.47. The fraction of sp³-hybridized carbons (Fsp3) is 1.00. The predicted octanol–water partition coefficient (Wildman–Crippen LogP) is 2.29. The molecule has 3 nitrogen and oxygen atoms in total. The fourth-order valence-corrected chi connectivity index (χ4v) is 3.56. The van der Waals surface area contributed by atoms with E-state index < -0.39 is 0 Å². The zero-order valence-electron chi connectivity index (χ0n) is 12.0. The molecule has 3 heteroatoms. The Hall–Kier alpha value is -0.120. The molecule has 0 bridgehead atoms. The number of ether oxygens (including phenoxy) is 1. The quantitative estimate of drug-likeness (QED) is 0.836. The molecule has 106 valence electrons. The summed E-state index contributed by atoms with van der Waals surface area (Å²) in [6.07, 6.45) is 7.77. The molecule has 1 atom stereocenters. The van der Waals surface area contributed by atoms with Crippen molar-refractivity contribution < 1.29 is 9.84 Å². The maximum absolute atomic E-state index is 9.82. The number of aliphatic hydroxyl groups excluding tert-OH is 1. The van der Waals surface area contributed by atoms with Crippen LogP contribution < -0.4 is 0 Å². The van der Waals surface area contributed by atoms with Crippen molar-refractivity contribution >= 4 is 0 Å². The van der Waals surface area contributed by atoms with Crippen molar-refractivity contribution in [1.29, 1.82) is 0 Å². The third-order valence-electron chi connectivity index (χ3n) is 5.02. The maximum atomic E-state index is 9.82. The van der Waals surface area contributed by atoms with Crippen molar-refractivity contribution in [2.75, 3.05) is 33.4 Å². The zero-order valence-corrected chi connectivity index (χ0v) is 12.0. The van der Waals surface area contributed by atoms with Crippen molar-refractivity contribution in [1.82, 2.24) is 4.90 Å². The van der Waals surface area contributed by atoms with Crippen LogP contribution in [0.15, 0.2) is 0 Å². The summed E-state index contributed by atoms with van der Waals surface area (Å²) in [5, 5.41) is 9.82. The van der Waals surface area contributed by atoms with Crippen LogP contribution in [0, 0.1) is 11.3 Å². The Balaban J connectivity index is 1.89. The van der Waals surface area contributed by atoms with Crippen molar-refractivity contribution in [2.45, 2.75) is 51.6 Å². The second-order valence-corrected chi connectivity index (χ2v) is 6.58. The van der Waals surface area contributed by atoms with E-state index in [-0.39, 0.29) is 5.41 Å². The average Bonchev–Trinajstić information content (AvgIpc) is 2.42. The van der Waals surface area contributed by atoms with Crippen LogP contribution >= 0.6 is 0 Å². The molecule has 1 N–H and O–H groups in total. The van der Waals surface area contributed by atoms with Gasteiger partial charge in [-0.05, 0) is 38.1 Å². The molecule has 2 aliphatic rings. The van der Waals surface area contributed by atoms with Gasteiger partial charge in [0.05, 0.1) is 6.10 Å². The normalized spacial score (nSPS) is 38.8. The minimum Gasteiger partial charge on any atom is -0.396 e. The van der Waals surface area contributed by atoms with Crippen LogP contribution in [0.1, 0.15) is 45.4 Å². The van der Waals surface area contributed by atoms with Crippen molar-refractivity contribution in [3.05, 3.63) is 0 Å². The van der Waals surface area contributed by atoms with Gasteiger partial charge >= 0.3 is 0 Å². The van der Waals surface area contributed by atoms with E-state index in [9.17, 15) is 5.11 Å². The number of aliphatic hydroxyl groups is 1. The molecule has 1 saturated carbocycles. The van der Waals surface area contributed by atoms with Gasteiger partial charge in [0.25, 0.3) is 0 Å². The van der Waals surface area contributed by atoms with Gasteiger partial charge in [0.15, 0.2) is 0 Å². The van der Waals surface area contributed by atoms with E-state index in [0.717, 1.165) is 19.0 Å².